The maximum atomic E-state index is 5.35. The second kappa shape index (κ2) is 6.88. The molecule has 0 spiro atoms. The molecule has 3 rings (SSSR count). The van der Waals surface area contributed by atoms with Crippen LogP contribution in [0, 0.1) is 0 Å². The van der Waals surface area contributed by atoms with Gasteiger partial charge in [-0.25, -0.2) is 0 Å². The highest BCUT2D eigenvalue weighted by molar-refractivity contribution is 5.32. The van der Waals surface area contributed by atoms with Gasteiger partial charge in [0.25, 0.3) is 0 Å². The lowest BCUT2D eigenvalue weighted by Crippen LogP contribution is -2.46. The van der Waals surface area contributed by atoms with Crippen molar-refractivity contribution in [3.8, 4) is 0 Å². The summed E-state index contributed by atoms with van der Waals surface area (Å²) in [6.07, 6.45) is 2.72. The summed E-state index contributed by atoms with van der Waals surface area (Å²) in [6.45, 7) is 0.981. The van der Waals surface area contributed by atoms with Crippen molar-refractivity contribution >= 4 is 0 Å². The van der Waals surface area contributed by atoms with E-state index in [0.29, 0.717) is 18.1 Å². The lowest BCUT2D eigenvalue weighted by Gasteiger charge is -2.36. The summed E-state index contributed by atoms with van der Waals surface area (Å²) in [5.41, 5.74) is 2.75. The van der Waals surface area contributed by atoms with Gasteiger partial charge in [-0.05, 0) is 24.0 Å². The van der Waals surface area contributed by atoms with Crippen molar-refractivity contribution in [1.29, 1.82) is 0 Å². The van der Waals surface area contributed by atoms with E-state index in [9.17, 15) is 0 Å². The first-order valence-corrected chi connectivity index (χ1v) is 7.73. The van der Waals surface area contributed by atoms with Gasteiger partial charge in [0.2, 0.25) is 0 Å². The van der Waals surface area contributed by atoms with Crippen LogP contribution in [0.15, 0.2) is 60.7 Å². The fourth-order valence-corrected chi connectivity index (χ4v) is 3.01. The van der Waals surface area contributed by atoms with Crippen LogP contribution in [0.3, 0.4) is 0 Å². The quantitative estimate of drug-likeness (QED) is 0.873. The Labute approximate surface area is 127 Å². The minimum absolute atomic E-state index is 0.411. The molecular formula is C19H23NO. The van der Waals surface area contributed by atoms with Gasteiger partial charge in [-0.3, -0.25) is 0 Å². The molecule has 2 nitrogen and oxygen atoms in total. The summed E-state index contributed by atoms with van der Waals surface area (Å²) in [4.78, 5) is 0. The summed E-state index contributed by atoms with van der Waals surface area (Å²) in [5.74, 6) is 0.411. The molecule has 1 saturated carbocycles. The number of benzene rings is 2. The van der Waals surface area contributed by atoms with Crippen LogP contribution in [0.4, 0.5) is 0 Å². The van der Waals surface area contributed by atoms with Gasteiger partial charge in [0, 0.05) is 25.6 Å². The van der Waals surface area contributed by atoms with Gasteiger partial charge in [0.1, 0.15) is 0 Å². The Kier molecular flexibility index (Phi) is 4.69. The maximum Gasteiger partial charge on any atom is 0.0601 e. The van der Waals surface area contributed by atoms with Crippen molar-refractivity contribution in [3.63, 3.8) is 0 Å². The predicted octanol–water partition coefficient (Wildman–Crippen LogP) is 3.59. The van der Waals surface area contributed by atoms with Crippen molar-refractivity contribution in [2.75, 3.05) is 13.7 Å². The van der Waals surface area contributed by atoms with Gasteiger partial charge >= 0.3 is 0 Å². The monoisotopic (exact) mass is 281 g/mol. The molecule has 0 bridgehead atoms. The number of rotatable bonds is 6. The molecule has 2 aromatic carbocycles. The molecule has 1 N–H and O–H groups in total. The van der Waals surface area contributed by atoms with Crippen LogP contribution in [0.2, 0.25) is 0 Å². The Morgan fingerprint density at radius 1 is 0.952 bits per heavy atom. The van der Waals surface area contributed by atoms with Crippen LogP contribution >= 0.6 is 0 Å². The van der Waals surface area contributed by atoms with Crippen LogP contribution in [-0.2, 0) is 4.74 Å². The third kappa shape index (κ3) is 3.52. The van der Waals surface area contributed by atoms with E-state index in [1.54, 1.807) is 7.11 Å². The summed E-state index contributed by atoms with van der Waals surface area (Å²) < 4.78 is 5.35. The lowest BCUT2D eigenvalue weighted by molar-refractivity contribution is 0.0174. The highest BCUT2D eigenvalue weighted by atomic mass is 16.5. The normalized spacial score (nSPS) is 21.2. The first kappa shape index (κ1) is 14.3. The van der Waals surface area contributed by atoms with Crippen molar-refractivity contribution in [3.05, 3.63) is 71.8 Å². The van der Waals surface area contributed by atoms with E-state index in [0.717, 1.165) is 19.4 Å². The largest absolute Gasteiger partial charge is 0.381 e. The SMILES string of the molecule is COC1CC(NCC(c2ccccc2)c2ccccc2)C1. The van der Waals surface area contributed by atoms with Crippen LogP contribution in [0.1, 0.15) is 29.9 Å². The minimum atomic E-state index is 0.411. The molecule has 0 saturated heterocycles. The molecular weight excluding hydrogens is 258 g/mol. The Morgan fingerprint density at radius 2 is 1.48 bits per heavy atom. The van der Waals surface area contributed by atoms with Crippen LogP contribution in [0.5, 0.6) is 0 Å². The summed E-state index contributed by atoms with van der Waals surface area (Å²) in [7, 11) is 1.80. The van der Waals surface area contributed by atoms with Crippen LogP contribution < -0.4 is 5.32 Å². The molecule has 0 heterocycles. The molecule has 2 heteroatoms. The maximum absolute atomic E-state index is 5.35. The summed E-state index contributed by atoms with van der Waals surface area (Å²) in [6, 6.07) is 22.1. The second-order valence-corrected chi connectivity index (χ2v) is 5.81. The van der Waals surface area contributed by atoms with E-state index in [4.69, 9.17) is 4.74 Å². The zero-order valence-corrected chi connectivity index (χ0v) is 12.5. The van der Waals surface area contributed by atoms with Crippen LogP contribution in [0.25, 0.3) is 0 Å². The van der Waals surface area contributed by atoms with Crippen molar-refractivity contribution in [2.45, 2.75) is 30.9 Å². The fraction of sp³-hybridized carbons (Fsp3) is 0.368. The average molecular weight is 281 g/mol. The Bertz CT molecular complexity index is 495. The van der Waals surface area contributed by atoms with E-state index in [-0.39, 0.29) is 0 Å². The van der Waals surface area contributed by atoms with Gasteiger partial charge in [0.05, 0.1) is 6.10 Å². The number of methoxy groups -OCH3 is 1. The molecule has 1 fully saturated rings. The topological polar surface area (TPSA) is 21.3 Å². The first-order chi connectivity index (χ1) is 10.4. The van der Waals surface area contributed by atoms with E-state index in [1.165, 1.54) is 11.1 Å². The smallest absolute Gasteiger partial charge is 0.0601 e. The van der Waals surface area contributed by atoms with Crippen LogP contribution in [-0.4, -0.2) is 25.8 Å². The van der Waals surface area contributed by atoms with E-state index in [1.807, 2.05) is 0 Å². The average Bonchev–Trinajstić information content (AvgIpc) is 2.51. The fourth-order valence-electron chi connectivity index (χ4n) is 3.01. The van der Waals surface area contributed by atoms with Gasteiger partial charge in [-0.15, -0.1) is 0 Å². The molecule has 0 amide bonds. The zero-order valence-electron chi connectivity index (χ0n) is 12.5. The van der Waals surface area contributed by atoms with Gasteiger partial charge < -0.3 is 10.1 Å². The highest BCUT2D eigenvalue weighted by Gasteiger charge is 2.29. The molecule has 0 atom stereocenters. The Hall–Kier alpha value is -1.64. The molecule has 0 radical (unpaired) electrons. The molecule has 2 aromatic rings. The van der Waals surface area contributed by atoms with Gasteiger partial charge in [0.15, 0.2) is 0 Å². The number of hydrogen-bond acceptors (Lipinski definition) is 2. The lowest BCUT2D eigenvalue weighted by atomic mass is 9.87. The Balaban J connectivity index is 1.68. The molecule has 0 aliphatic heterocycles. The van der Waals surface area contributed by atoms with Gasteiger partial charge in [-0.1, -0.05) is 60.7 Å². The molecule has 21 heavy (non-hydrogen) atoms. The molecule has 0 unspecified atom stereocenters. The minimum Gasteiger partial charge on any atom is -0.381 e. The standard InChI is InChI=1S/C19H23NO/c1-21-18-12-17(13-18)20-14-19(15-8-4-2-5-9-15)16-10-6-3-7-11-16/h2-11,17-20H,12-14H2,1H3. The van der Waals surface area contributed by atoms with E-state index < -0.39 is 0 Å². The molecule has 1 aliphatic rings. The van der Waals surface area contributed by atoms with Crippen molar-refractivity contribution < 1.29 is 4.74 Å². The van der Waals surface area contributed by atoms with E-state index >= 15 is 0 Å². The highest BCUT2D eigenvalue weighted by Crippen LogP contribution is 2.27. The van der Waals surface area contributed by atoms with Crippen molar-refractivity contribution in [2.24, 2.45) is 0 Å². The molecule has 1 aliphatic carbocycles. The van der Waals surface area contributed by atoms with Gasteiger partial charge in [-0.2, -0.15) is 0 Å². The first-order valence-electron chi connectivity index (χ1n) is 7.73. The molecule has 0 aromatic heterocycles. The number of ether oxygens (including phenoxy) is 1. The van der Waals surface area contributed by atoms with Crippen molar-refractivity contribution in [1.82, 2.24) is 5.32 Å². The third-order valence-corrected chi connectivity index (χ3v) is 4.44. The number of nitrogens with one attached hydrogen (secondary N) is 1. The summed E-state index contributed by atoms with van der Waals surface area (Å²) in [5, 5.41) is 3.70. The Morgan fingerprint density at radius 3 is 1.95 bits per heavy atom. The zero-order chi connectivity index (χ0) is 14.5. The summed E-state index contributed by atoms with van der Waals surface area (Å²) >= 11 is 0. The third-order valence-electron chi connectivity index (χ3n) is 4.44. The van der Waals surface area contributed by atoms with E-state index in [2.05, 4.69) is 66.0 Å². The number of hydrogen-bond donors (Lipinski definition) is 1. The second-order valence-electron chi connectivity index (χ2n) is 5.81. The predicted molar refractivity (Wildman–Crippen MR) is 86.5 cm³/mol. The molecule has 110 valence electrons.